The highest BCUT2D eigenvalue weighted by molar-refractivity contribution is 6.13. The first-order valence-corrected chi connectivity index (χ1v) is 9.05. The van der Waals surface area contributed by atoms with Gasteiger partial charge in [0, 0.05) is 44.5 Å². The standard InChI is InChI=1S/C20H25N7O/c1-13(10-23-2)14-4-5-16(21)15(8-14)20(22)17-9-18(25-12-24-17)27-7-6-26(3)19(28)11-27/h4-5,8-10,12,22-23H,6-7,11,21H2,1-3H3/b13-10+,22-20?. The number of amides is 1. The molecule has 0 unspecified atom stereocenters. The predicted octanol–water partition coefficient (Wildman–Crippen LogP) is 1.33. The van der Waals surface area contributed by atoms with Crippen molar-refractivity contribution in [3.8, 4) is 0 Å². The van der Waals surface area contributed by atoms with E-state index in [0.29, 0.717) is 35.9 Å². The minimum Gasteiger partial charge on any atom is -0.398 e. The summed E-state index contributed by atoms with van der Waals surface area (Å²) in [7, 11) is 3.64. The fraction of sp³-hybridized carbons (Fsp3) is 0.300. The Bertz CT molecular complexity index is 938. The van der Waals surface area contributed by atoms with Gasteiger partial charge >= 0.3 is 0 Å². The van der Waals surface area contributed by atoms with Crippen molar-refractivity contribution in [3.63, 3.8) is 0 Å². The number of likely N-dealkylation sites (N-methyl/N-ethyl adjacent to an activating group) is 1. The number of nitrogens with zero attached hydrogens (tertiary/aromatic N) is 4. The minimum atomic E-state index is 0.0465. The summed E-state index contributed by atoms with van der Waals surface area (Å²) in [6, 6.07) is 7.36. The van der Waals surface area contributed by atoms with E-state index in [2.05, 4.69) is 15.3 Å². The van der Waals surface area contributed by atoms with Gasteiger partial charge in [0.15, 0.2) is 0 Å². The van der Waals surface area contributed by atoms with Crippen LogP contribution in [0.3, 0.4) is 0 Å². The van der Waals surface area contributed by atoms with Gasteiger partial charge in [0.25, 0.3) is 0 Å². The SMILES string of the molecule is CN/C=C(\C)c1ccc(N)c(C(=N)c2cc(N3CCN(C)C(=O)C3)ncn2)c1. The highest BCUT2D eigenvalue weighted by Crippen LogP contribution is 2.23. The lowest BCUT2D eigenvalue weighted by Gasteiger charge is -2.32. The number of nitrogen functional groups attached to an aromatic ring is 1. The Morgan fingerprint density at radius 1 is 1.29 bits per heavy atom. The third-order valence-corrected chi connectivity index (χ3v) is 4.83. The van der Waals surface area contributed by atoms with Crippen LogP contribution in [0.15, 0.2) is 36.8 Å². The van der Waals surface area contributed by atoms with Crippen LogP contribution in [0.5, 0.6) is 0 Å². The molecule has 0 atom stereocenters. The molecular weight excluding hydrogens is 354 g/mol. The van der Waals surface area contributed by atoms with Gasteiger partial charge in [0.1, 0.15) is 12.1 Å². The molecule has 1 saturated heterocycles. The number of anilines is 2. The molecule has 8 nitrogen and oxygen atoms in total. The first kappa shape index (κ1) is 19.3. The Labute approximate surface area is 164 Å². The molecular formula is C20H25N7O. The Morgan fingerprint density at radius 3 is 2.79 bits per heavy atom. The lowest BCUT2D eigenvalue weighted by Crippen LogP contribution is -2.48. The van der Waals surface area contributed by atoms with Gasteiger partial charge in [-0.25, -0.2) is 9.97 Å². The maximum atomic E-state index is 12.0. The number of piperazine rings is 1. The molecule has 0 saturated carbocycles. The van der Waals surface area contributed by atoms with Crippen LogP contribution < -0.4 is 16.0 Å². The van der Waals surface area contributed by atoms with Gasteiger partial charge in [-0.2, -0.15) is 0 Å². The molecule has 1 aliphatic rings. The number of benzene rings is 1. The average Bonchev–Trinajstić information content (AvgIpc) is 2.70. The number of nitrogens with one attached hydrogen (secondary N) is 2. The molecule has 2 aromatic rings. The van der Waals surface area contributed by atoms with Crippen LogP contribution in [-0.4, -0.2) is 60.2 Å². The normalized spacial score (nSPS) is 15.0. The van der Waals surface area contributed by atoms with Crippen molar-refractivity contribution in [2.45, 2.75) is 6.92 Å². The number of aromatic nitrogens is 2. The average molecular weight is 379 g/mol. The van der Waals surface area contributed by atoms with Crippen molar-refractivity contribution in [2.24, 2.45) is 0 Å². The van der Waals surface area contributed by atoms with Crippen LogP contribution in [0, 0.1) is 5.41 Å². The molecule has 1 fully saturated rings. The van der Waals surface area contributed by atoms with E-state index in [1.165, 1.54) is 6.33 Å². The van der Waals surface area contributed by atoms with Crippen LogP contribution >= 0.6 is 0 Å². The van der Waals surface area contributed by atoms with E-state index in [1.807, 2.05) is 37.2 Å². The molecule has 0 radical (unpaired) electrons. The van der Waals surface area contributed by atoms with Crippen molar-refractivity contribution < 1.29 is 4.79 Å². The second-order valence-electron chi connectivity index (χ2n) is 6.79. The topological polar surface area (TPSA) is 111 Å². The van der Waals surface area contributed by atoms with E-state index in [0.717, 1.165) is 11.1 Å². The number of rotatable bonds is 5. The maximum Gasteiger partial charge on any atom is 0.241 e. The lowest BCUT2D eigenvalue weighted by atomic mass is 9.99. The third-order valence-electron chi connectivity index (χ3n) is 4.83. The molecule has 0 spiro atoms. The van der Waals surface area contributed by atoms with Gasteiger partial charge < -0.3 is 20.9 Å². The van der Waals surface area contributed by atoms with Crippen LogP contribution in [0.4, 0.5) is 11.5 Å². The summed E-state index contributed by atoms with van der Waals surface area (Å²) in [4.78, 5) is 24.1. The Kier molecular flexibility index (Phi) is 5.58. The minimum absolute atomic E-state index is 0.0465. The van der Waals surface area contributed by atoms with Crippen molar-refractivity contribution in [1.82, 2.24) is 20.2 Å². The zero-order valence-corrected chi connectivity index (χ0v) is 16.4. The molecule has 3 rings (SSSR count). The summed E-state index contributed by atoms with van der Waals surface area (Å²) in [5.41, 5.74) is 9.97. The zero-order chi connectivity index (χ0) is 20.3. The molecule has 1 aromatic carbocycles. The van der Waals surface area contributed by atoms with Gasteiger partial charge in [-0.3, -0.25) is 10.2 Å². The molecule has 0 aliphatic carbocycles. The third kappa shape index (κ3) is 3.95. The molecule has 1 aliphatic heterocycles. The van der Waals surface area contributed by atoms with E-state index in [9.17, 15) is 4.79 Å². The predicted molar refractivity (Wildman–Crippen MR) is 111 cm³/mol. The van der Waals surface area contributed by atoms with E-state index in [-0.39, 0.29) is 18.2 Å². The highest BCUT2D eigenvalue weighted by atomic mass is 16.2. The highest BCUT2D eigenvalue weighted by Gasteiger charge is 2.23. The lowest BCUT2D eigenvalue weighted by molar-refractivity contribution is -0.129. The number of nitrogens with two attached hydrogens (primary N) is 1. The number of hydrogen-bond acceptors (Lipinski definition) is 7. The molecule has 2 heterocycles. The van der Waals surface area contributed by atoms with Gasteiger partial charge in [0.2, 0.25) is 5.91 Å². The summed E-state index contributed by atoms with van der Waals surface area (Å²) in [6.07, 6.45) is 3.32. The summed E-state index contributed by atoms with van der Waals surface area (Å²) < 4.78 is 0. The number of allylic oxidation sites excluding steroid dienone is 1. The van der Waals surface area contributed by atoms with Crippen LogP contribution in [-0.2, 0) is 4.79 Å². The molecule has 146 valence electrons. The van der Waals surface area contributed by atoms with E-state index in [1.54, 1.807) is 24.1 Å². The molecule has 0 bridgehead atoms. The smallest absolute Gasteiger partial charge is 0.241 e. The number of carbonyl (C=O) groups is 1. The van der Waals surface area contributed by atoms with E-state index < -0.39 is 0 Å². The Hall–Kier alpha value is -3.42. The van der Waals surface area contributed by atoms with Crippen LogP contribution in [0.25, 0.3) is 5.57 Å². The second kappa shape index (κ2) is 8.08. The Morgan fingerprint density at radius 2 is 2.07 bits per heavy atom. The second-order valence-corrected chi connectivity index (χ2v) is 6.79. The van der Waals surface area contributed by atoms with Crippen molar-refractivity contribution >= 4 is 28.7 Å². The number of hydrogen-bond donors (Lipinski definition) is 3. The summed E-state index contributed by atoms with van der Waals surface area (Å²) >= 11 is 0. The summed E-state index contributed by atoms with van der Waals surface area (Å²) in [6.45, 7) is 3.59. The van der Waals surface area contributed by atoms with E-state index >= 15 is 0 Å². The molecule has 1 aromatic heterocycles. The molecule has 28 heavy (non-hydrogen) atoms. The summed E-state index contributed by atoms with van der Waals surface area (Å²) in [5.74, 6) is 0.683. The number of carbonyl (C=O) groups excluding carboxylic acids is 1. The molecule has 8 heteroatoms. The first-order valence-electron chi connectivity index (χ1n) is 9.05. The van der Waals surface area contributed by atoms with Crippen molar-refractivity contribution in [1.29, 1.82) is 5.41 Å². The zero-order valence-electron chi connectivity index (χ0n) is 16.4. The van der Waals surface area contributed by atoms with Crippen LogP contribution in [0.1, 0.15) is 23.7 Å². The van der Waals surface area contributed by atoms with Gasteiger partial charge in [0.05, 0.1) is 18.0 Å². The van der Waals surface area contributed by atoms with Crippen molar-refractivity contribution in [2.75, 3.05) is 44.4 Å². The fourth-order valence-corrected chi connectivity index (χ4v) is 3.07. The quantitative estimate of drug-likeness (QED) is 0.534. The van der Waals surface area contributed by atoms with Gasteiger partial charge in [-0.15, -0.1) is 0 Å². The van der Waals surface area contributed by atoms with Gasteiger partial charge in [-0.1, -0.05) is 6.07 Å². The maximum absolute atomic E-state index is 12.0. The largest absolute Gasteiger partial charge is 0.398 e. The molecule has 4 N–H and O–H groups in total. The first-order chi connectivity index (χ1) is 13.4. The molecule has 1 amide bonds. The van der Waals surface area contributed by atoms with Crippen LogP contribution in [0.2, 0.25) is 0 Å². The fourth-order valence-electron chi connectivity index (χ4n) is 3.07. The Balaban J connectivity index is 1.90. The summed E-state index contributed by atoms with van der Waals surface area (Å²) in [5, 5.41) is 11.6. The monoisotopic (exact) mass is 379 g/mol. The van der Waals surface area contributed by atoms with E-state index in [4.69, 9.17) is 11.1 Å². The van der Waals surface area contributed by atoms with Gasteiger partial charge in [-0.05, 0) is 36.4 Å². The van der Waals surface area contributed by atoms with Crippen molar-refractivity contribution in [3.05, 3.63) is 53.6 Å².